The van der Waals surface area contributed by atoms with Crippen LogP contribution in [0.15, 0.2) is 24.3 Å². The molecule has 5 nitrogen and oxygen atoms in total. The highest BCUT2D eigenvalue weighted by molar-refractivity contribution is 7.92. The zero-order valence-corrected chi connectivity index (χ0v) is 11.9. The van der Waals surface area contributed by atoms with Gasteiger partial charge >= 0.3 is 0 Å². The molecule has 2 rings (SSSR count). The van der Waals surface area contributed by atoms with Crippen molar-refractivity contribution in [1.82, 2.24) is 5.32 Å². The molecule has 0 amide bonds. The van der Waals surface area contributed by atoms with Crippen molar-refractivity contribution in [1.29, 1.82) is 0 Å². The molecule has 1 atom stereocenters. The maximum atomic E-state index is 12.0. The van der Waals surface area contributed by atoms with Gasteiger partial charge in [0.2, 0.25) is 10.0 Å². The Hall–Kier alpha value is -1.27. The van der Waals surface area contributed by atoms with Crippen molar-refractivity contribution in [2.24, 2.45) is 0 Å². The molecule has 1 fully saturated rings. The van der Waals surface area contributed by atoms with Gasteiger partial charge in [0.15, 0.2) is 0 Å². The molecule has 6 heteroatoms. The van der Waals surface area contributed by atoms with Crippen LogP contribution in [0.25, 0.3) is 0 Å². The van der Waals surface area contributed by atoms with Gasteiger partial charge in [0.1, 0.15) is 5.75 Å². The van der Waals surface area contributed by atoms with Crippen LogP contribution in [0.3, 0.4) is 0 Å². The fourth-order valence-electron chi connectivity index (χ4n) is 2.20. The van der Waals surface area contributed by atoms with E-state index in [1.54, 1.807) is 24.3 Å². The molecule has 1 saturated heterocycles. The topological polar surface area (TPSA) is 67.4 Å². The van der Waals surface area contributed by atoms with E-state index in [9.17, 15) is 8.42 Å². The number of benzene rings is 1. The van der Waals surface area contributed by atoms with E-state index >= 15 is 0 Å². The number of hydrogen-bond donors (Lipinski definition) is 2. The van der Waals surface area contributed by atoms with Gasteiger partial charge in [0.25, 0.3) is 0 Å². The molecule has 0 bridgehead atoms. The minimum Gasteiger partial charge on any atom is -0.494 e. The summed E-state index contributed by atoms with van der Waals surface area (Å²) in [6.45, 7) is 3.35. The van der Waals surface area contributed by atoms with Crippen LogP contribution in [0, 0.1) is 0 Å². The molecular formula is C13H20N2O3S. The van der Waals surface area contributed by atoms with E-state index in [0.717, 1.165) is 19.4 Å². The Morgan fingerprint density at radius 1 is 1.47 bits per heavy atom. The lowest BCUT2D eigenvalue weighted by Crippen LogP contribution is -2.32. The summed E-state index contributed by atoms with van der Waals surface area (Å²) in [5, 5.41) is 3.19. The molecule has 1 aromatic rings. The molecule has 0 spiro atoms. The van der Waals surface area contributed by atoms with Crippen LogP contribution in [0.1, 0.15) is 19.8 Å². The van der Waals surface area contributed by atoms with E-state index in [1.807, 2.05) is 6.92 Å². The summed E-state index contributed by atoms with van der Waals surface area (Å²) < 4.78 is 32.0. The first-order valence-electron chi connectivity index (χ1n) is 6.56. The summed E-state index contributed by atoms with van der Waals surface area (Å²) >= 11 is 0. The summed E-state index contributed by atoms with van der Waals surface area (Å²) in [4.78, 5) is 0. The first-order chi connectivity index (χ1) is 9.09. The molecule has 1 heterocycles. The van der Waals surface area contributed by atoms with Crippen LogP contribution in [0.2, 0.25) is 0 Å². The largest absolute Gasteiger partial charge is 0.494 e. The van der Waals surface area contributed by atoms with Crippen LogP contribution in [0.5, 0.6) is 5.75 Å². The molecule has 106 valence electrons. The Balaban J connectivity index is 2.00. The van der Waals surface area contributed by atoms with Gasteiger partial charge in [-0.25, -0.2) is 8.42 Å². The van der Waals surface area contributed by atoms with Gasteiger partial charge in [-0.05, 0) is 38.4 Å². The van der Waals surface area contributed by atoms with Crippen molar-refractivity contribution < 1.29 is 13.2 Å². The standard InChI is InChI=1S/C13H20N2O3S/c1-2-18-13-7-3-5-11(9-13)15-19(16,17)10-12-6-4-8-14-12/h3,5,7,9,12,14-15H,2,4,6,8,10H2,1H3. The summed E-state index contributed by atoms with van der Waals surface area (Å²) in [5.74, 6) is 0.785. The number of anilines is 1. The number of nitrogens with one attached hydrogen (secondary N) is 2. The summed E-state index contributed by atoms with van der Waals surface area (Å²) in [6, 6.07) is 7.06. The number of sulfonamides is 1. The third kappa shape index (κ3) is 4.40. The fraction of sp³-hybridized carbons (Fsp3) is 0.538. The third-order valence-corrected chi connectivity index (χ3v) is 4.39. The minimum atomic E-state index is -3.32. The third-order valence-electron chi connectivity index (χ3n) is 3.00. The Labute approximate surface area is 114 Å². The maximum absolute atomic E-state index is 12.0. The van der Waals surface area contributed by atoms with E-state index in [0.29, 0.717) is 18.0 Å². The second-order valence-electron chi connectivity index (χ2n) is 4.64. The number of hydrogen-bond acceptors (Lipinski definition) is 4. The lowest BCUT2D eigenvalue weighted by atomic mass is 10.3. The smallest absolute Gasteiger partial charge is 0.234 e. The van der Waals surface area contributed by atoms with Crippen molar-refractivity contribution in [2.75, 3.05) is 23.6 Å². The van der Waals surface area contributed by atoms with Crippen molar-refractivity contribution in [3.63, 3.8) is 0 Å². The van der Waals surface area contributed by atoms with E-state index < -0.39 is 10.0 Å². The van der Waals surface area contributed by atoms with Gasteiger partial charge < -0.3 is 10.1 Å². The molecule has 0 radical (unpaired) electrons. The monoisotopic (exact) mass is 284 g/mol. The van der Waals surface area contributed by atoms with Crippen LogP contribution in [-0.4, -0.2) is 33.4 Å². The van der Waals surface area contributed by atoms with Gasteiger partial charge in [-0.3, -0.25) is 4.72 Å². The van der Waals surface area contributed by atoms with E-state index in [1.165, 1.54) is 0 Å². The molecule has 0 aliphatic carbocycles. The van der Waals surface area contributed by atoms with Crippen molar-refractivity contribution in [3.8, 4) is 5.75 Å². The van der Waals surface area contributed by atoms with E-state index in [2.05, 4.69) is 10.0 Å². The predicted octanol–water partition coefficient (Wildman–Crippen LogP) is 1.58. The lowest BCUT2D eigenvalue weighted by Gasteiger charge is -2.13. The summed E-state index contributed by atoms with van der Waals surface area (Å²) in [6.07, 6.45) is 1.96. The number of ether oxygens (including phenoxy) is 1. The molecular weight excluding hydrogens is 264 g/mol. The van der Waals surface area contributed by atoms with Gasteiger partial charge in [-0.2, -0.15) is 0 Å². The Morgan fingerprint density at radius 3 is 3.00 bits per heavy atom. The zero-order valence-electron chi connectivity index (χ0n) is 11.1. The van der Waals surface area contributed by atoms with E-state index in [-0.39, 0.29) is 11.8 Å². The molecule has 1 aliphatic rings. The SMILES string of the molecule is CCOc1cccc(NS(=O)(=O)CC2CCCN2)c1. The highest BCUT2D eigenvalue weighted by atomic mass is 32.2. The Kier molecular flexibility index (Phi) is 4.66. The summed E-state index contributed by atoms with van der Waals surface area (Å²) in [5.41, 5.74) is 0.545. The quantitative estimate of drug-likeness (QED) is 0.832. The Morgan fingerprint density at radius 2 is 2.32 bits per heavy atom. The maximum Gasteiger partial charge on any atom is 0.234 e. The molecule has 2 N–H and O–H groups in total. The first-order valence-corrected chi connectivity index (χ1v) is 8.21. The minimum absolute atomic E-state index is 0.0626. The molecule has 1 aliphatic heterocycles. The van der Waals surface area contributed by atoms with Gasteiger partial charge in [0.05, 0.1) is 18.0 Å². The normalized spacial score (nSPS) is 19.3. The molecule has 1 unspecified atom stereocenters. The lowest BCUT2D eigenvalue weighted by molar-refractivity contribution is 0.340. The second-order valence-corrected chi connectivity index (χ2v) is 6.40. The zero-order chi connectivity index (χ0) is 13.7. The van der Waals surface area contributed by atoms with Gasteiger partial charge in [-0.15, -0.1) is 0 Å². The molecule has 19 heavy (non-hydrogen) atoms. The van der Waals surface area contributed by atoms with Crippen LogP contribution in [0.4, 0.5) is 5.69 Å². The van der Waals surface area contributed by atoms with Gasteiger partial charge in [-0.1, -0.05) is 6.07 Å². The van der Waals surface area contributed by atoms with Crippen LogP contribution < -0.4 is 14.8 Å². The van der Waals surface area contributed by atoms with Crippen LogP contribution in [-0.2, 0) is 10.0 Å². The molecule has 0 aromatic heterocycles. The van der Waals surface area contributed by atoms with Crippen molar-refractivity contribution in [3.05, 3.63) is 24.3 Å². The van der Waals surface area contributed by atoms with E-state index in [4.69, 9.17) is 4.74 Å². The first kappa shape index (κ1) is 14.1. The van der Waals surface area contributed by atoms with Crippen molar-refractivity contribution >= 4 is 15.7 Å². The number of rotatable bonds is 6. The Bertz CT molecular complexity index is 510. The van der Waals surface area contributed by atoms with Crippen molar-refractivity contribution in [2.45, 2.75) is 25.8 Å². The predicted molar refractivity (Wildman–Crippen MR) is 76.0 cm³/mol. The second kappa shape index (κ2) is 6.25. The molecule has 0 saturated carbocycles. The highest BCUT2D eigenvalue weighted by Crippen LogP contribution is 2.19. The average Bonchev–Trinajstić information content (AvgIpc) is 2.81. The van der Waals surface area contributed by atoms with Gasteiger partial charge in [0, 0.05) is 12.1 Å². The highest BCUT2D eigenvalue weighted by Gasteiger charge is 2.21. The summed E-state index contributed by atoms with van der Waals surface area (Å²) in [7, 11) is -3.32. The molecule has 1 aromatic carbocycles. The van der Waals surface area contributed by atoms with Crippen LogP contribution >= 0.6 is 0 Å². The fourth-order valence-corrected chi connectivity index (χ4v) is 3.58. The average molecular weight is 284 g/mol.